The number of amides is 2. The molecule has 9 heteroatoms. The van der Waals surface area contributed by atoms with E-state index in [-0.39, 0.29) is 23.0 Å². The predicted octanol–water partition coefficient (Wildman–Crippen LogP) is 5.01. The maximum absolute atomic E-state index is 14.0. The smallest absolute Gasteiger partial charge is 0.264 e. The van der Waals surface area contributed by atoms with Crippen molar-refractivity contribution in [3.05, 3.63) is 94.0 Å². The van der Waals surface area contributed by atoms with Crippen LogP contribution in [0.1, 0.15) is 35.6 Å². The maximum atomic E-state index is 14.0. The highest BCUT2D eigenvalue weighted by molar-refractivity contribution is 7.92. The number of benzene rings is 3. The number of halogens is 1. The molecule has 7 nitrogen and oxygen atoms in total. The first-order valence-electron chi connectivity index (χ1n) is 12.4. The number of anilines is 1. The lowest BCUT2D eigenvalue weighted by Gasteiger charge is -2.33. The highest BCUT2D eigenvalue weighted by Crippen LogP contribution is 2.29. The van der Waals surface area contributed by atoms with E-state index >= 15 is 0 Å². The summed E-state index contributed by atoms with van der Waals surface area (Å²) in [7, 11) is -2.62. The molecule has 1 atom stereocenters. The quantitative estimate of drug-likeness (QED) is 0.381. The average Bonchev–Trinajstić information content (AvgIpc) is 2.89. The highest BCUT2D eigenvalue weighted by atomic mass is 35.5. The monoisotopic (exact) mass is 555 g/mol. The second kappa shape index (κ2) is 12.5. The van der Waals surface area contributed by atoms with Crippen molar-refractivity contribution >= 4 is 39.1 Å². The van der Waals surface area contributed by atoms with Crippen molar-refractivity contribution in [1.82, 2.24) is 10.2 Å². The number of likely N-dealkylation sites (N-methyl/N-ethyl adjacent to an activating group) is 1. The Morgan fingerprint density at radius 2 is 1.61 bits per heavy atom. The first-order chi connectivity index (χ1) is 18.0. The first-order valence-corrected chi connectivity index (χ1v) is 14.2. The average molecular weight is 556 g/mol. The van der Waals surface area contributed by atoms with Crippen molar-refractivity contribution in [1.29, 1.82) is 0 Å². The summed E-state index contributed by atoms with van der Waals surface area (Å²) in [6.45, 7) is 7.08. The van der Waals surface area contributed by atoms with Crippen molar-refractivity contribution in [2.45, 2.75) is 51.6 Å². The van der Waals surface area contributed by atoms with Crippen LogP contribution in [-0.2, 0) is 26.2 Å². The second-order valence-corrected chi connectivity index (χ2v) is 11.5. The fourth-order valence-corrected chi connectivity index (χ4v) is 5.74. The van der Waals surface area contributed by atoms with Crippen LogP contribution in [0.5, 0.6) is 0 Å². The van der Waals surface area contributed by atoms with Crippen LogP contribution in [-0.4, -0.2) is 44.8 Å². The number of nitrogens with one attached hydrogen (secondary N) is 1. The molecule has 0 spiro atoms. The van der Waals surface area contributed by atoms with Crippen LogP contribution >= 0.6 is 11.6 Å². The topological polar surface area (TPSA) is 86.8 Å². The zero-order valence-corrected chi connectivity index (χ0v) is 23.9. The van der Waals surface area contributed by atoms with E-state index in [0.717, 1.165) is 26.6 Å². The molecule has 0 aliphatic heterocycles. The third-order valence-corrected chi connectivity index (χ3v) is 8.76. The Bertz CT molecular complexity index is 1410. The molecule has 3 aromatic rings. The third kappa shape index (κ3) is 6.55. The zero-order chi connectivity index (χ0) is 28.0. The van der Waals surface area contributed by atoms with Gasteiger partial charge < -0.3 is 10.2 Å². The van der Waals surface area contributed by atoms with Crippen LogP contribution < -0.4 is 9.62 Å². The van der Waals surface area contributed by atoms with E-state index in [9.17, 15) is 18.0 Å². The Morgan fingerprint density at radius 1 is 0.947 bits per heavy atom. The van der Waals surface area contributed by atoms with Crippen molar-refractivity contribution in [3.63, 3.8) is 0 Å². The second-order valence-electron chi connectivity index (χ2n) is 9.24. The van der Waals surface area contributed by atoms with Gasteiger partial charge in [0.2, 0.25) is 11.8 Å². The highest BCUT2D eigenvalue weighted by Gasteiger charge is 2.33. The van der Waals surface area contributed by atoms with Gasteiger partial charge in [-0.1, -0.05) is 66.6 Å². The van der Waals surface area contributed by atoms with Gasteiger partial charge in [0.25, 0.3) is 10.0 Å². The molecule has 3 rings (SSSR count). The van der Waals surface area contributed by atoms with Gasteiger partial charge in [-0.15, -0.1) is 0 Å². The van der Waals surface area contributed by atoms with Gasteiger partial charge in [-0.3, -0.25) is 13.9 Å². The van der Waals surface area contributed by atoms with Crippen LogP contribution in [0.15, 0.2) is 71.6 Å². The van der Waals surface area contributed by atoms with Gasteiger partial charge in [0, 0.05) is 18.6 Å². The van der Waals surface area contributed by atoms with E-state index in [2.05, 4.69) is 5.32 Å². The summed E-state index contributed by atoms with van der Waals surface area (Å²) in [5, 5.41) is 3.01. The minimum absolute atomic E-state index is 0.0522. The maximum Gasteiger partial charge on any atom is 0.264 e. The molecule has 0 unspecified atom stereocenters. The molecular weight excluding hydrogens is 522 g/mol. The Hall–Kier alpha value is -3.36. The van der Waals surface area contributed by atoms with Gasteiger partial charge in [0.1, 0.15) is 12.6 Å². The van der Waals surface area contributed by atoms with E-state index in [1.807, 2.05) is 52.0 Å². The molecule has 0 fully saturated rings. The number of rotatable bonds is 10. The minimum atomic E-state index is -4.14. The standard InChI is InChI=1S/C29H34ClN3O4S/c1-6-27(29(35)31-5)32(18-23-10-8-7-9-21(23)3)28(34)19-33(24-14-13-22(4)26(30)17-24)38(36,37)25-15-11-20(2)12-16-25/h7-17,27H,6,18-19H2,1-5H3,(H,31,35)/t27-/m0/s1. The molecular formula is C29H34ClN3O4S. The number of nitrogens with zero attached hydrogens (tertiary/aromatic N) is 2. The van der Waals surface area contributed by atoms with Crippen molar-refractivity contribution in [3.8, 4) is 0 Å². The summed E-state index contributed by atoms with van der Waals surface area (Å²) >= 11 is 6.36. The van der Waals surface area contributed by atoms with Crippen LogP contribution in [0.25, 0.3) is 0 Å². The molecule has 0 saturated carbocycles. The van der Waals surface area contributed by atoms with Crippen molar-refractivity contribution < 1.29 is 18.0 Å². The van der Waals surface area contributed by atoms with Gasteiger partial charge in [-0.05, 0) is 68.1 Å². The number of aryl methyl sites for hydroxylation is 3. The molecule has 0 aliphatic rings. The van der Waals surface area contributed by atoms with Crippen LogP contribution in [0, 0.1) is 20.8 Å². The van der Waals surface area contributed by atoms with Crippen molar-refractivity contribution in [2.75, 3.05) is 17.9 Å². The van der Waals surface area contributed by atoms with E-state index in [1.165, 1.54) is 30.1 Å². The summed E-state index contributed by atoms with van der Waals surface area (Å²) < 4.78 is 28.8. The zero-order valence-electron chi connectivity index (χ0n) is 22.4. The molecule has 0 bridgehead atoms. The van der Waals surface area contributed by atoms with Crippen LogP contribution in [0.3, 0.4) is 0 Å². The molecule has 0 radical (unpaired) electrons. The molecule has 0 saturated heterocycles. The van der Waals surface area contributed by atoms with Gasteiger partial charge in [0.05, 0.1) is 10.6 Å². The minimum Gasteiger partial charge on any atom is -0.357 e. The fourth-order valence-electron chi connectivity index (χ4n) is 4.16. The molecule has 38 heavy (non-hydrogen) atoms. The number of hydrogen-bond donors (Lipinski definition) is 1. The number of carbonyl (C=O) groups excluding carboxylic acids is 2. The number of hydrogen-bond acceptors (Lipinski definition) is 4. The summed E-state index contributed by atoms with van der Waals surface area (Å²) in [4.78, 5) is 28.3. The van der Waals surface area contributed by atoms with Crippen LogP contribution in [0.4, 0.5) is 5.69 Å². The molecule has 202 valence electrons. The van der Waals surface area contributed by atoms with E-state index in [0.29, 0.717) is 11.4 Å². The fraction of sp³-hybridized carbons (Fsp3) is 0.310. The Balaban J connectivity index is 2.10. The SMILES string of the molecule is CC[C@@H](C(=O)NC)N(Cc1ccccc1C)C(=O)CN(c1ccc(C)c(Cl)c1)S(=O)(=O)c1ccc(C)cc1. The summed E-state index contributed by atoms with van der Waals surface area (Å²) in [5.74, 6) is -0.822. The number of carbonyl (C=O) groups is 2. The Kier molecular flexibility index (Phi) is 9.57. The molecule has 2 amide bonds. The third-order valence-electron chi connectivity index (χ3n) is 6.57. The largest absolute Gasteiger partial charge is 0.357 e. The Morgan fingerprint density at radius 3 is 2.18 bits per heavy atom. The molecule has 0 heterocycles. The van der Waals surface area contributed by atoms with Gasteiger partial charge in [-0.25, -0.2) is 8.42 Å². The molecule has 0 aromatic heterocycles. The molecule has 0 aliphatic carbocycles. The van der Waals surface area contributed by atoms with Gasteiger partial charge >= 0.3 is 0 Å². The summed E-state index contributed by atoms with van der Waals surface area (Å²) in [6.07, 6.45) is 0.359. The Labute approximate surface area is 230 Å². The van der Waals surface area contributed by atoms with E-state index in [4.69, 9.17) is 11.6 Å². The van der Waals surface area contributed by atoms with Crippen LogP contribution in [0.2, 0.25) is 5.02 Å². The van der Waals surface area contributed by atoms with E-state index < -0.39 is 28.5 Å². The first kappa shape index (κ1) is 29.2. The van der Waals surface area contributed by atoms with Gasteiger partial charge in [-0.2, -0.15) is 0 Å². The molecule has 1 N–H and O–H groups in total. The predicted molar refractivity (Wildman–Crippen MR) is 152 cm³/mol. The summed E-state index contributed by atoms with van der Waals surface area (Å²) in [6, 6.07) is 18.1. The van der Waals surface area contributed by atoms with Gasteiger partial charge in [0.15, 0.2) is 0 Å². The normalized spacial score (nSPS) is 12.1. The van der Waals surface area contributed by atoms with E-state index in [1.54, 1.807) is 24.3 Å². The van der Waals surface area contributed by atoms with Crippen molar-refractivity contribution in [2.24, 2.45) is 0 Å². The number of sulfonamides is 1. The lowest BCUT2D eigenvalue weighted by Crippen LogP contribution is -2.51. The lowest BCUT2D eigenvalue weighted by molar-refractivity contribution is -0.140. The lowest BCUT2D eigenvalue weighted by atomic mass is 10.1. The summed E-state index contributed by atoms with van der Waals surface area (Å²) in [5.41, 5.74) is 3.78. The molecule has 3 aromatic carbocycles.